The number of hydrogen-bond acceptors (Lipinski definition) is 4. The number of nitrogens with zero attached hydrogens (tertiary/aromatic N) is 1. The Morgan fingerprint density at radius 1 is 1.24 bits per heavy atom. The van der Waals surface area contributed by atoms with Crippen LogP contribution in [0.1, 0.15) is 12.5 Å². The van der Waals surface area contributed by atoms with E-state index in [0.717, 1.165) is 35.7 Å². The zero-order valence-corrected chi connectivity index (χ0v) is 12.4. The Morgan fingerprint density at radius 2 is 1.95 bits per heavy atom. The first-order valence-electron chi connectivity index (χ1n) is 7.18. The van der Waals surface area contributed by atoms with E-state index in [1.165, 1.54) is 5.57 Å². The summed E-state index contributed by atoms with van der Waals surface area (Å²) in [4.78, 5) is 14.1. The van der Waals surface area contributed by atoms with Gasteiger partial charge in [0.15, 0.2) is 11.5 Å². The highest BCUT2D eigenvalue weighted by molar-refractivity contribution is 5.93. The number of ether oxygens (including phenoxy) is 2. The van der Waals surface area contributed by atoms with E-state index in [1.54, 1.807) is 4.90 Å². The molecule has 5 nitrogen and oxygen atoms in total. The lowest BCUT2D eigenvalue weighted by Crippen LogP contribution is -2.38. The molecule has 112 valence electrons. The van der Waals surface area contributed by atoms with E-state index in [-0.39, 0.29) is 5.91 Å². The predicted octanol–water partition coefficient (Wildman–Crippen LogP) is 1.34. The number of nitrogens with one attached hydrogen (secondary N) is 1. The second kappa shape index (κ2) is 5.77. The Labute approximate surface area is 124 Å². The number of rotatable bonds is 3. The summed E-state index contributed by atoms with van der Waals surface area (Å²) in [6.45, 7) is 5.28. The molecule has 1 saturated heterocycles. The molecule has 5 heteroatoms. The summed E-state index contributed by atoms with van der Waals surface area (Å²) in [6, 6.07) is 5.83. The fourth-order valence-electron chi connectivity index (χ4n) is 2.48. The second-order valence-electron chi connectivity index (χ2n) is 5.47. The van der Waals surface area contributed by atoms with Gasteiger partial charge in [-0.1, -0.05) is 6.07 Å². The molecule has 1 fully saturated rings. The first kappa shape index (κ1) is 13.9. The van der Waals surface area contributed by atoms with Gasteiger partial charge in [-0.2, -0.15) is 0 Å². The van der Waals surface area contributed by atoms with Crippen molar-refractivity contribution in [1.29, 1.82) is 0 Å². The maximum atomic E-state index is 12.4. The summed E-state index contributed by atoms with van der Waals surface area (Å²) in [5.41, 5.74) is 3.10. The van der Waals surface area contributed by atoms with Crippen molar-refractivity contribution in [3.8, 4) is 11.5 Å². The fraction of sp³-hybridized carbons (Fsp3) is 0.438. The van der Waals surface area contributed by atoms with Crippen LogP contribution in [0.15, 0.2) is 29.3 Å². The smallest absolute Gasteiger partial charge is 0.249 e. The van der Waals surface area contributed by atoms with Crippen LogP contribution >= 0.6 is 0 Å². The first-order chi connectivity index (χ1) is 10.1. The standard InChI is InChI=1S/C16H20N2O3/c1-11(13-8-17-9-13)16(19)18(2)10-12-3-4-14-15(7-12)21-6-5-20-14/h3-4,7,17H,5-6,8-10H2,1-2H3. The van der Waals surface area contributed by atoms with Crippen LogP contribution in [0.3, 0.4) is 0 Å². The number of carbonyl (C=O) groups is 1. The zero-order chi connectivity index (χ0) is 14.8. The molecular formula is C16H20N2O3. The molecule has 0 radical (unpaired) electrons. The Kier molecular flexibility index (Phi) is 3.84. The van der Waals surface area contributed by atoms with Crippen molar-refractivity contribution >= 4 is 5.91 Å². The van der Waals surface area contributed by atoms with Crippen molar-refractivity contribution in [3.05, 3.63) is 34.9 Å². The molecule has 1 N–H and O–H groups in total. The van der Waals surface area contributed by atoms with Crippen molar-refractivity contribution < 1.29 is 14.3 Å². The van der Waals surface area contributed by atoms with Crippen LogP contribution in [0, 0.1) is 0 Å². The average molecular weight is 288 g/mol. The molecular weight excluding hydrogens is 268 g/mol. The van der Waals surface area contributed by atoms with Gasteiger partial charge in [0, 0.05) is 32.3 Å². The van der Waals surface area contributed by atoms with E-state index in [0.29, 0.717) is 19.8 Å². The lowest BCUT2D eigenvalue weighted by molar-refractivity contribution is -0.126. The SMILES string of the molecule is CC(C(=O)N(C)Cc1ccc2c(c1)OCCO2)=C1CNC1. The van der Waals surface area contributed by atoms with E-state index in [9.17, 15) is 4.79 Å². The van der Waals surface area contributed by atoms with Gasteiger partial charge < -0.3 is 19.7 Å². The molecule has 0 unspecified atom stereocenters. The lowest BCUT2D eigenvalue weighted by atomic mass is 10.0. The molecule has 3 rings (SSSR count). The summed E-state index contributed by atoms with van der Waals surface area (Å²) in [5, 5.41) is 3.16. The number of benzene rings is 1. The molecule has 0 saturated carbocycles. The van der Waals surface area contributed by atoms with Crippen LogP contribution in [0.2, 0.25) is 0 Å². The minimum absolute atomic E-state index is 0.0846. The summed E-state index contributed by atoms with van der Waals surface area (Å²) in [6.07, 6.45) is 0. The van der Waals surface area contributed by atoms with E-state index in [4.69, 9.17) is 9.47 Å². The summed E-state index contributed by atoms with van der Waals surface area (Å²) in [5.74, 6) is 1.62. The number of carbonyl (C=O) groups excluding carboxylic acids is 1. The molecule has 1 aromatic carbocycles. The summed E-state index contributed by atoms with van der Waals surface area (Å²) in [7, 11) is 1.83. The molecule has 1 amide bonds. The van der Waals surface area contributed by atoms with Gasteiger partial charge in [-0.25, -0.2) is 0 Å². The monoisotopic (exact) mass is 288 g/mol. The minimum atomic E-state index is 0.0846. The molecule has 2 aliphatic heterocycles. The maximum absolute atomic E-state index is 12.4. The van der Waals surface area contributed by atoms with Crippen molar-refractivity contribution in [2.75, 3.05) is 33.4 Å². The Morgan fingerprint density at radius 3 is 2.62 bits per heavy atom. The highest BCUT2D eigenvalue weighted by Gasteiger charge is 2.19. The molecule has 21 heavy (non-hydrogen) atoms. The van der Waals surface area contributed by atoms with Gasteiger partial charge in [0.1, 0.15) is 13.2 Å². The first-order valence-corrected chi connectivity index (χ1v) is 7.18. The summed E-state index contributed by atoms with van der Waals surface area (Å²) < 4.78 is 11.1. The predicted molar refractivity (Wildman–Crippen MR) is 79.5 cm³/mol. The largest absolute Gasteiger partial charge is 0.486 e. The molecule has 0 bridgehead atoms. The van der Waals surface area contributed by atoms with Gasteiger partial charge in [-0.05, 0) is 30.2 Å². The van der Waals surface area contributed by atoms with E-state index < -0.39 is 0 Å². The van der Waals surface area contributed by atoms with Crippen molar-refractivity contribution in [2.45, 2.75) is 13.5 Å². The van der Waals surface area contributed by atoms with Crippen LogP contribution in [0.5, 0.6) is 11.5 Å². The minimum Gasteiger partial charge on any atom is -0.486 e. The topological polar surface area (TPSA) is 50.8 Å². The molecule has 2 aliphatic rings. The van der Waals surface area contributed by atoms with Crippen molar-refractivity contribution in [3.63, 3.8) is 0 Å². The highest BCUT2D eigenvalue weighted by Crippen LogP contribution is 2.31. The molecule has 0 aromatic heterocycles. The van der Waals surface area contributed by atoms with Crippen molar-refractivity contribution in [1.82, 2.24) is 10.2 Å². The number of likely N-dealkylation sites (N-methyl/N-ethyl adjacent to an activating group) is 1. The van der Waals surface area contributed by atoms with E-state index >= 15 is 0 Å². The number of fused-ring (bicyclic) bond motifs is 1. The quantitative estimate of drug-likeness (QED) is 0.853. The van der Waals surface area contributed by atoms with Crippen LogP contribution in [0.4, 0.5) is 0 Å². The Hall–Kier alpha value is -2.01. The number of amides is 1. The highest BCUT2D eigenvalue weighted by atomic mass is 16.6. The van der Waals surface area contributed by atoms with Crippen LogP contribution in [-0.2, 0) is 11.3 Å². The number of hydrogen-bond donors (Lipinski definition) is 1. The van der Waals surface area contributed by atoms with Crippen LogP contribution in [-0.4, -0.2) is 44.2 Å². The molecule has 1 aromatic rings. The summed E-state index contributed by atoms with van der Waals surface area (Å²) >= 11 is 0. The average Bonchev–Trinajstić information content (AvgIpc) is 2.44. The molecule has 2 heterocycles. The van der Waals surface area contributed by atoms with Gasteiger partial charge in [-0.3, -0.25) is 4.79 Å². The van der Waals surface area contributed by atoms with Gasteiger partial charge >= 0.3 is 0 Å². The van der Waals surface area contributed by atoms with Crippen molar-refractivity contribution in [2.24, 2.45) is 0 Å². The van der Waals surface area contributed by atoms with E-state index in [2.05, 4.69) is 5.32 Å². The van der Waals surface area contributed by atoms with E-state index in [1.807, 2.05) is 32.2 Å². The van der Waals surface area contributed by atoms with Gasteiger partial charge in [0.25, 0.3) is 0 Å². The zero-order valence-electron chi connectivity index (χ0n) is 12.4. The van der Waals surface area contributed by atoms with Crippen LogP contribution in [0.25, 0.3) is 0 Å². The Bertz CT molecular complexity index is 589. The molecule has 0 aliphatic carbocycles. The maximum Gasteiger partial charge on any atom is 0.249 e. The molecule has 0 spiro atoms. The fourth-order valence-corrected chi connectivity index (χ4v) is 2.48. The third-order valence-electron chi connectivity index (χ3n) is 3.90. The second-order valence-corrected chi connectivity index (χ2v) is 5.47. The van der Waals surface area contributed by atoms with Gasteiger partial charge in [0.05, 0.1) is 0 Å². The van der Waals surface area contributed by atoms with Gasteiger partial charge in [-0.15, -0.1) is 0 Å². The molecule has 0 atom stereocenters. The third kappa shape index (κ3) is 2.88. The normalized spacial score (nSPS) is 16.2. The van der Waals surface area contributed by atoms with Gasteiger partial charge in [0.2, 0.25) is 5.91 Å². The Balaban J connectivity index is 1.69. The lowest BCUT2D eigenvalue weighted by Gasteiger charge is -2.25. The van der Waals surface area contributed by atoms with Crippen LogP contribution < -0.4 is 14.8 Å². The third-order valence-corrected chi connectivity index (χ3v) is 3.90.